The molecule has 0 bridgehead atoms. The fourth-order valence-corrected chi connectivity index (χ4v) is 1.93. The highest BCUT2D eigenvalue weighted by atomic mass is 19.1. The van der Waals surface area contributed by atoms with Crippen LogP contribution in [0.25, 0.3) is 0 Å². The first-order valence-corrected chi connectivity index (χ1v) is 6.97. The molecule has 0 radical (unpaired) electrons. The quantitative estimate of drug-likeness (QED) is 0.847. The van der Waals surface area contributed by atoms with E-state index in [0.29, 0.717) is 17.1 Å². The summed E-state index contributed by atoms with van der Waals surface area (Å²) in [6.07, 6.45) is -0.987. The average molecular weight is 320 g/mol. The van der Waals surface area contributed by atoms with Crippen molar-refractivity contribution in [3.63, 3.8) is 0 Å². The van der Waals surface area contributed by atoms with Crippen LogP contribution in [0.3, 0.4) is 0 Å². The fourth-order valence-electron chi connectivity index (χ4n) is 1.93. The van der Waals surface area contributed by atoms with Crippen molar-refractivity contribution >= 4 is 11.8 Å². The second-order valence-electron chi connectivity index (χ2n) is 4.96. The standard InChI is InChI=1S/C16H17FN2O4/c1-9-8-12(10(2)22-9)16(21)19-18-15(20)11(3)23-14-7-5-4-6-13(14)17/h4-8,11H,1-3H3,(H,18,20)(H,19,21). The van der Waals surface area contributed by atoms with Crippen LogP contribution in [-0.2, 0) is 4.79 Å². The summed E-state index contributed by atoms with van der Waals surface area (Å²) in [6.45, 7) is 4.81. The van der Waals surface area contributed by atoms with Gasteiger partial charge in [0.1, 0.15) is 11.5 Å². The van der Waals surface area contributed by atoms with Gasteiger partial charge in [-0.2, -0.15) is 0 Å². The predicted octanol–water partition coefficient (Wildman–Crippen LogP) is 2.26. The summed E-state index contributed by atoms with van der Waals surface area (Å²) in [5, 5.41) is 0. The average Bonchev–Trinajstić information content (AvgIpc) is 2.85. The van der Waals surface area contributed by atoms with Crippen LogP contribution in [0.15, 0.2) is 34.7 Å². The SMILES string of the molecule is Cc1cc(C(=O)NNC(=O)C(C)Oc2ccccc2F)c(C)o1. The minimum Gasteiger partial charge on any atom is -0.478 e. The molecule has 0 aliphatic rings. The number of amides is 2. The van der Waals surface area contributed by atoms with E-state index in [0.717, 1.165) is 0 Å². The predicted molar refractivity (Wildman–Crippen MR) is 80.3 cm³/mol. The maximum atomic E-state index is 13.5. The number of furan rings is 1. The Hall–Kier alpha value is -2.83. The van der Waals surface area contributed by atoms with Crippen LogP contribution in [0.5, 0.6) is 5.75 Å². The van der Waals surface area contributed by atoms with E-state index in [2.05, 4.69) is 10.9 Å². The zero-order valence-corrected chi connectivity index (χ0v) is 13.0. The van der Waals surface area contributed by atoms with Crippen molar-refractivity contribution in [3.05, 3.63) is 53.2 Å². The van der Waals surface area contributed by atoms with Gasteiger partial charge < -0.3 is 9.15 Å². The van der Waals surface area contributed by atoms with Crippen molar-refractivity contribution in [2.75, 3.05) is 0 Å². The lowest BCUT2D eigenvalue weighted by atomic mass is 10.2. The van der Waals surface area contributed by atoms with E-state index in [1.807, 2.05) is 0 Å². The molecular weight excluding hydrogens is 303 g/mol. The second kappa shape index (κ2) is 6.95. The Morgan fingerprint density at radius 2 is 1.91 bits per heavy atom. The monoisotopic (exact) mass is 320 g/mol. The first-order valence-electron chi connectivity index (χ1n) is 6.97. The number of para-hydroxylation sites is 1. The zero-order valence-electron chi connectivity index (χ0n) is 13.0. The maximum absolute atomic E-state index is 13.5. The van der Waals surface area contributed by atoms with Gasteiger partial charge in [0, 0.05) is 0 Å². The summed E-state index contributed by atoms with van der Waals surface area (Å²) < 4.78 is 23.9. The van der Waals surface area contributed by atoms with Gasteiger partial charge in [0.05, 0.1) is 5.56 Å². The maximum Gasteiger partial charge on any atom is 0.279 e. The van der Waals surface area contributed by atoms with Crippen molar-refractivity contribution in [2.24, 2.45) is 0 Å². The number of halogens is 1. The third kappa shape index (κ3) is 4.09. The Balaban J connectivity index is 1.90. The van der Waals surface area contributed by atoms with Gasteiger partial charge in [-0.1, -0.05) is 12.1 Å². The van der Waals surface area contributed by atoms with Gasteiger partial charge in [-0.25, -0.2) is 4.39 Å². The summed E-state index contributed by atoms with van der Waals surface area (Å²) >= 11 is 0. The van der Waals surface area contributed by atoms with Gasteiger partial charge in [0.2, 0.25) is 0 Å². The number of nitrogens with one attached hydrogen (secondary N) is 2. The summed E-state index contributed by atoms with van der Waals surface area (Å²) in [5.41, 5.74) is 4.82. The molecule has 2 aromatic rings. The number of hydrogen-bond acceptors (Lipinski definition) is 4. The molecule has 0 saturated carbocycles. The third-order valence-corrected chi connectivity index (χ3v) is 3.09. The fraction of sp³-hybridized carbons (Fsp3) is 0.250. The van der Waals surface area contributed by atoms with Crippen LogP contribution < -0.4 is 15.6 Å². The first-order chi connectivity index (χ1) is 10.9. The van der Waals surface area contributed by atoms with E-state index < -0.39 is 23.7 Å². The lowest BCUT2D eigenvalue weighted by Crippen LogP contribution is -2.47. The first kappa shape index (κ1) is 16.5. The van der Waals surface area contributed by atoms with Crippen LogP contribution in [-0.4, -0.2) is 17.9 Å². The van der Waals surface area contributed by atoms with Crippen molar-refractivity contribution < 1.29 is 23.1 Å². The van der Waals surface area contributed by atoms with Gasteiger partial charge >= 0.3 is 0 Å². The number of benzene rings is 1. The number of aryl methyl sites for hydroxylation is 2. The highest BCUT2D eigenvalue weighted by molar-refractivity contribution is 5.96. The summed E-state index contributed by atoms with van der Waals surface area (Å²) in [5.74, 6) is -0.686. The van der Waals surface area contributed by atoms with E-state index in [1.54, 1.807) is 26.0 Å². The van der Waals surface area contributed by atoms with Gasteiger partial charge in [-0.05, 0) is 39.0 Å². The number of hydrazine groups is 1. The third-order valence-electron chi connectivity index (χ3n) is 3.09. The van der Waals surface area contributed by atoms with Crippen molar-refractivity contribution in [2.45, 2.75) is 26.9 Å². The van der Waals surface area contributed by atoms with Crippen LogP contribution in [0.2, 0.25) is 0 Å². The molecule has 122 valence electrons. The summed E-state index contributed by atoms with van der Waals surface area (Å²) in [7, 11) is 0. The minimum absolute atomic E-state index is 0.0391. The molecule has 2 N–H and O–H groups in total. The van der Waals surface area contributed by atoms with E-state index >= 15 is 0 Å². The normalized spacial score (nSPS) is 11.7. The van der Waals surface area contributed by atoms with Gasteiger partial charge in [-0.3, -0.25) is 20.4 Å². The highest BCUT2D eigenvalue weighted by Gasteiger charge is 2.19. The van der Waals surface area contributed by atoms with E-state index in [1.165, 1.54) is 25.1 Å². The largest absolute Gasteiger partial charge is 0.478 e. The summed E-state index contributed by atoms with van der Waals surface area (Å²) in [4.78, 5) is 23.8. The molecule has 0 aliphatic carbocycles. The van der Waals surface area contributed by atoms with Crippen molar-refractivity contribution in [3.8, 4) is 5.75 Å². The Bertz CT molecular complexity index is 727. The zero-order chi connectivity index (χ0) is 17.0. The lowest BCUT2D eigenvalue weighted by Gasteiger charge is -2.15. The Labute approximate surface area is 132 Å². The molecule has 1 heterocycles. The Morgan fingerprint density at radius 1 is 1.22 bits per heavy atom. The Kier molecular flexibility index (Phi) is 5.00. The molecule has 1 aromatic carbocycles. The molecule has 0 saturated heterocycles. The second-order valence-corrected chi connectivity index (χ2v) is 4.96. The number of carbonyl (C=O) groups is 2. The van der Waals surface area contributed by atoms with Crippen LogP contribution in [0, 0.1) is 19.7 Å². The molecule has 7 heteroatoms. The van der Waals surface area contributed by atoms with E-state index in [4.69, 9.17) is 9.15 Å². The van der Waals surface area contributed by atoms with Gasteiger partial charge in [-0.15, -0.1) is 0 Å². The number of ether oxygens (including phenoxy) is 1. The van der Waals surface area contributed by atoms with Gasteiger partial charge in [0.25, 0.3) is 11.8 Å². The molecule has 0 aliphatic heterocycles. The Morgan fingerprint density at radius 3 is 2.52 bits per heavy atom. The number of rotatable bonds is 4. The molecule has 2 rings (SSSR count). The van der Waals surface area contributed by atoms with Gasteiger partial charge in [0.15, 0.2) is 17.7 Å². The highest BCUT2D eigenvalue weighted by Crippen LogP contribution is 2.17. The molecule has 1 unspecified atom stereocenters. The molecule has 0 fully saturated rings. The molecule has 0 spiro atoms. The topological polar surface area (TPSA) is 80.6 Å². The minimum atomic E-state index is -0.987. The van der Waals surface area contributed by atoms with Crippen LogP contribution >= 0.6 is 0 Å². The molecule has 6 nitrogen and oxygen atoms in total. The molecule has 2 amide bonds. The van der Waals surface area contributed by atoms with E-state index in [-0.39, 0.29) is 5.75 Å². The smallest absolute Gasteiger partial charge is 0.279 e. The van der Waals surface area contributed by atoms with Crippen molar-refractivity contribution in [1.82, 2.24) is 10.9 Å². The van der Waals surface area contributed by atoms with Crippen LogP contribution in [0.4, 0.5) is 4.39 Å². The molecule has 1 aromatic heterocycles. The molecule has 23 heavy (non-hydrogen) atoms. The summed E-state index contributed by atoms with van der Waals surface area (Å²) in [6, 6.07) is 7.31. The number of carbonyl (C=O) groups excluding carboxylic acids is 2. The van der Waals surface area contributed by atoms with Crippen molar-refractivity contribution in [1.29, 1.82) is 0 Å². The lowest BCUT2D eigenvalue weighted by molar-refractivity contribution is -0.128. The van der Waals surface area contributed by atoms with E-state index in [9.17, 15) is 14.0 Å². The van der Waals surface area contributed by atoms with Crippen LogP contribution in [0.1, 0.15) is 28.8 Å². The molecule has 1 atom stereocenters. The number of hydrogen-bond donors (Lipinski definition) is 2. The molecular formula is C16H17FN2O4.